The summed E-state index contributed by atoms with van der Waals surface area (Å²) in [6.07, 6.45) is 2.48. The summed E-state index contributed by atoms with van der Waals surface area (Å²) in [6.45, 7) is 0.758. The molecule has 2 heterocycles. The van der Waals surface area contributed by atoms with Crippen LogP contribution < -0.4 is 10.7 Å². The number of nitrogens with zero attached hydrogens (tertiary/aromatic N) is 1. The quantitative estimate of drug-likeness (QED) is 0.749. The van der Waals surface area contributed by atoms with Gasteiger partial charge in [-0.15, -0.1) is 0 Å². The first kappa shape index (κ1) is 15.2. The van der Waals surface area contributed by atoms with Gasteiger partial charge in [0.05, 0.1) is 21.2 Å². The van der Waals surface area contributed by atoms with E-state index in [-0.39, 0.29) is 16.0 Å². The largest absolute Gasteiger partial charge is 0.346 e. The number of para-hydroxylation sites is 1. The number of aromatic nitrogens is 1. The van der Waals surface area contributed by atoms with E-state index in [1.54, 1.807) is 30.5 Å². The van der Waals surface area contributed by atoms with Gasteiger partial charge in [0, 0.05) is 18.1 Å². The number of pyridine rings is 1. The summed E-state index contributed by atoms with van der Waals surface area (Å²) < 4.78 is 1.96. The van der Waals surface area contributed by atoms with Crippen LogP contribution in [0.1, 0.15) is 15.9 Å². The van der Waals surface area contributed by atoms with E-state index in [0.717, 1.165) is 24.0 Å². The first-order valence-corrected chi connectivity index (χ1v) is 8.22. The molecule has 0 saturated carbocycles. The molecule has 1 aliphatic rings. The molecule has 120 valence electrons. The average Bonchev–Trinajstić information content (AvgIpc) is 2.99. The van der Waals surface area contributed by atoms with Gasteiger partial charge in [0.25, 0.3) is 5.91 Å². The van der Waals surface area contributed by atoms with Crippen LogP contribution in [-0.4, -0.2) is 10.5 Å². The highest BCUT2D eigenvalue weighted by molar-refractivity contribution is 6.44. The first-order chi connectivity index (χ1) is 11.6. The zero-order valence-corrected chi connectivity index (χ0v) is 14.0. The molecule has 0 fully saturated rings. The SMILES string of the molecule is O=C(Nc1cccc(Cl)c1Cl)c1cn2c3c(cccc3c1=O)CC2. The Morgan fingerprint density at radius 3 is 2.75 bits per heavy atom. The molecule has 0 spiro atoms. The van der Waals surface area contributed by atoms with Crippen molar-refractivity contribution >= 4 is 45.7 Å². The molecule has 1 aliphatic heterocycles. The fourth-order valence-electron chi connectivity index (χ4n) is 3.11. The van der Waals surface area contributed by atoms with E-state index in [1.165, 1.54) is 0 Å². The second kappa shape index (κ2) is 5.65. The van der Waals surface area contributed by atoms with Crippen LogP contribution in [-0.2, 0) is 13.0 Å². The molecule has 0 bridgehead atoms. The lowest BCUT2D eigenvalue weighted by Crippen LogP contribution is -2.23. The zero-order valence-electron chi connectivity index (χ0n) is 12.5. The maximum atomic E-state index is 12.7. The van der Waals surface area contributed by atoms with Gasteiger partial charge in [-0.3, -0.25) is 9.59 Å². The van der Waals surface area contributed by atoms with Crippen molar-refractivity contribution in [2.45, 2.75) is 13.0 Å². The lowest BCUT2D eigenvalue weighted by atomic mass is 10.1. The van der Waals surface area contributed by atoms with E-state index in [2.05, 4.69) is 5.32 Å². The Labute approximate surface area is 147 Å². The van der Waals surface area contributed by atoms with Crippen molar-refractivity contribution in [3.8, 4) is 0 Å². The molecule has 1 N–H and O–H groups in total. The molecule has 3 aromatic rings. The van der Waals surface area contributed by atoms with E-state index < -0.39 is 5.91 Å². The standard InChI is InChI=1S/C18H12Cl2N2O2/c19-13-5-2-6-14(15(13)20)21-18(24)12-9-22-8-7-10-3-1-4-11(16(10)22)17(12)23/h1-6,9H,7-8H2,(H,21,24). The highest BCUT2D eigenvalue weighted by atomic mass is 35.5. The lowest BCUT2D eigenvalue weighted by Gasteiger charge is -2.10. The van der Waals surface area contributed by atoms with Gasteiger partial charge in [-0.25, -0.2) is 0 Å². The van der Waals surface area contributed by atoms with Crippen LogP contribution in [0.15, 0.2) is 47.4 Å². The maximum absolute atomic E-state index is 12.7. The minimum Gasteiger partial charge on any atom is -0.346 e. The molecule has 2 aromatic carbocycles. The number of rotatable bonds is 2. The van der Waals surface area contributed by atoms with Crippen LogP contribution in [0.3, 0.4) is 0 Å². The average molecular weight is 359 g/mol. The maximum Gasteiger partial charge on any atom is 0.261 e. The van der Waals surface area contributed by atoms with Crippen LogP contribution in [0.5, 0.6) is 0 Å². The van der Waals surface area contributed by atoms with Gasteiger partial charge in [0.2, 0.25) is 5.43 Å². The van der Waals surface area contributed by atoms with Crippen molar-refractivity contribution in [1.29, 1.82) is 0 Å². The Kier molecular flexibility index (Phi) is 3.59. The molecule has 0 unspecified atom stereocenters. The highest BCUT2D eigenvalue weighted by Crippen LogP contribution is 2.30. The molecular weight excluding hydrogens is 347 g/mol. The molecular formula is C18H12Cl2N2O2. The summed E-state index contributed by atoms with van der Waals surface area (Å²) >= 11 is 12.1. The van der Waals surface area contributed by atoms with Crippen molar-refractivity contribution in [3.63, 3.8) is 0 Å². The smallest absolute Gasteiger partial charge is 0.261 e. The molecule has 4 rings (SSSR count). The molecule has 1 aromatic heterocycles. The number of amides is 1. The number of anilines is 1. The second-order valence-electron chi connectivity index (χ2n) is 5.68. The van der Waals surface area contributed by atoms with Gasteiger partial charge in [-0.2, -0.15) is 0 Å². The van der Waals surface area contributed by atoms with Crippen molar-refractivity contribution in [2.75, 3.05) is 5.32 Å². The van der Waals surface area contributed by atoms with Crippen molar-refractivity contribution < 1.29 is 4.79 Å². The Morgan fingerprint density at radius 1 is 1.12 bits per heavy atom. The fraction of sp³-hybridized carbons (Fsp3) is 0.111. The molecule has 0 saturated heterocycles. The van der Waals surface area contributed by atoms with Gasteiger partial charge < -0.3 is 9.88 Å². The van der Waals surface area contributed by atoms with E-state index in [4.69, 9.17) is 23.2 Å². The Hall–Kier alpha value is -2.30. The molecule has 6 heteroatoms. The van der Waals surface area contributed by atoms with Crippen LogP contribution >= 0.6 is 23.2 Å². The number of hydrogen-bond acceptors (Lipinski definition) is 2. The lowest BCUT2D eigenvalue weighted by molar-refractivity contribution is 0.102. The number of aryl methyl sites for hydroxylation is 2. The Bertz CT molecular complexity index is 1060. The van der Waals surface area contributed by atoms with Gasteiger partial charge in [-0.05, 0) is 30.2 Å². The third-order valence-electron chi connectivity index (χ3n) is 4.25. The zero-order chi connectivity index (χ0) is 16.8. The molecule has 24 heavy (non-hydrogen) atoms. The molecule has 0 aliphatic carbocycles. The first-order valence-electron chi connectivity index (χ1n) is 7.46. The number of hydrogen-bond donors (Lipinski definition) is 1. The summed E-state index contributed by atoms with van der Waals surface area (Å²) in [4.78, 5) is 25.3. The van der Waals surface area contributed by atoms with Crippen molar-refractivity contribution in [3.05, 3.63) is 74.0 Å². The predicted molar refractivity (Wildman–Crippen MR) is 96.3 cm³/mol. The summed E-state index contributed by atoms with van der Waals surface area (Å²) in [7, 11) is 0. The fourth-order valence-corrected chi connectivity index (χ4v) is 3.46. The Morgan fingerprint density at radius 2 is 1.92 bits per heavy atom. The van der Waals surface area contributed by atoms with E-state index >= 15 is 0 Å². The summed E-state index contributed by atoms with van der Waals surface area (Å²) in [5, 5.41) is 3.83. The second-order valence-corrected chi connectivity index (χ2v) is 6.47. The van der Waals surface area contributed by atoms with Gasteiger partial charge in [-0.1, -0.05) is 41.4 Å². The third-order valence-corrected chi connectivity index (χ3v) is 5.07. The monoisotopic (exact) mass is 358 g/mol. The van der Waals surface area contributed by atoms with Crippen LogP contribution in [0.25, 0.3) is 10.9 Å². The van der Waals surface area contributed by atoms with Crippen molar-refractivity contribution in [2.24, 2.45) is 0 Å². The number of carbonyl (C=O) groups is 1. The normalized spacial score (nSPS) is 12.6. The summed E-state index contributed by atoms with van der Waals surface area (Å²) in [5.41, 5.74) is 2.25. The van der Waals surface area contributed by atoms with Crippen molar-refractivity contribution in [1.82, 2.24) is 4.57 Å². The number of halogens is 2. The number of carbonyl (C=O) groups excluding carboxylic acids is 1. The predicted octanol–water partition coefficient (Wildman–Crippen LogP) is 4.12. The molecule has 0 atom stereocenters. The Balaban J connectivity index is 1.81. The third kappa shape index (κ3) is 2.30. The highest BCUT2D eigenvalue weighted by Gasteiger charge is 2.21. The van der Waals surface area contributed by atoms with E-state index in [9.17, 15) is 9.59 Å². The van der Waals surface area contributed by atoms with E-state index in [1.807, 2.05) is 16.7 Å². The van der Waals surface area contributed by atoms with Crippen LogP contribution in [0.4, 0.5) is 5.69 Å². The molecule has 1 amide bonds. The van der Waals surface area contributed by atoms with Crippen LogP contribution in [0, 0.1) is 0 Å². The summed E-state index contributed by atoms with van der Waals surface area (Å²) in [5.74, 6) is -0.493. The van der Waals surface area contributed by atoms with Gasteiger partial charge >= 0.3 is 0 Å². The van der Waals surface area contributed by atoms with E-state index in [0.29, 0.717) is 16.1 Å². The van der Waals surface area contributed by atoms with Gasteiger partial charge in [0.1, 0.15) is 5.56 Å². The summed E-state index contributed by atoms with van der Waals surface area (Å²) in [6, 6.07) is 10.6. The minimum absolute atomic E-state index is 0.0950. The molecule has 0 radical (unpaired) electrons. The topological polar surface area (TPSA) is 51.1 Å². The minimum atomic E-state index is -0.493. The number of nitrogens with one attached hydrogen (secondary N) is 1. The number of benzene rings is 2. The molecule has 4 nitrogen and oxygen atoms in total. The van der Waals surface area contributed by atoms with Crippen LogP contribution in [0.2, 0.25) is 10.0 Å². The van der Waals surface area contributed by atoms with Gasteiger partial charge in [0.15, 0.2) is 0 Å².